The van der Waals surface area contributed by atoms with Crippen molar-refractivity contribution in [2.45, 2.75) is 32.5 Å². The molecule has 0 atom stereocenters. The summed E-state index contributed by atoms with van der Waals surface area (Å²) in [5, 5.41) is 9.92. The van der Waals surface area contributed by atoms with Gasteiger partial charge in [0.15, 0.2) is 0 Å². The molecule has 0 spiro atoms. The molecule has 6 nitrogen and oxygen atoms in total. The van der Waals surface area contributed by atoms with E-state index in [9.17, 15) is 5.26 Å². The first-order valence-electron chi connectivity index (χ1n) is 10.2. The van der Waals surface area contributed by atoms with Crippen LogP contribution in [0.2, 0.25) is 0 Å². The average molecular weight is 393 g/mol. The predicted octanol–water partition coefficient (Wildman–Crippen LogP) is 3.18. The van der Waals surface area contributed by atoms with Crippen LogP contribution < -0.4 is 4.74 Å². The number of rotatable bonds is 5. The van der Waals surface area contributed by atoms with E-state index in [1.165, 1.54) is 0 Å². The van der Waals surface area contributed by atoms with E-state index in [4.69, 9.17) is 19.2 Å². The summed E-state index contributed by atoms with van der Waals surface area (Å²) in [6.45, 7) is 9.18. The SMILES string of the molecule is CC1(C)Cc2c(C#N)c(OCCN3CCOCC3)nc(-c3ccccc3)c2CO1. The van der Waals surface area contributed by atoms with E-state index in [1.807, 2.05) is 30.3 Å². The molecule has 0 amide bonds. The van der Waals surface area contributed by atoms with Gasteiger partial charge in [-0.3, -0.25) is 4.90 Å². The molecule has 6 heteroatoms. The third-order valence-corrected chi connectivity index (χ3v) is 5.50. The first-order valence-corrected chi connectivity index (χ1v) is 10.2. The van der Waals surface area contributed by atoms with Crippen molar-refractivity contribution in [3.05, 3.63) is 47.0 Å². The summed E-state index contributed by atoms with van der Waals surface area (Å²) in [6.07, 6.45) is 0.660. The number of hydrogen-bond acceptors (Lipinski definition) is 6. The Labute approximate surface area is 172 Å². The van der Waals surface area contributed by atoms with Crippen molar-refractivity contribution in [2.75, 3.05) is 39.5 Å². The van der Waals surface area contributed by atoms with E-state index in [0.29, 0.717) is 31.1 Å². The lowest BCUT2D eigenvalue weighted by molar-refractivity contribution is -0.0401. The molecule has 0 aliphatic carbocycles. The number of morpholine rings is 1. The number of nitrogens with zero attached hydrogens (tertiary/aromatic N) is 3. The van der Waals surface area contributed by atoms with Crippen LogP contribution in [0.1, 0.15) is 30.5 Å². The van der Waals surface area contributed by atoms with Gasteiger partial charge in [0.05, 0.1) is 31.1 Å². The fraction of sp³-hybridized carbons (Fsp3) is 0.478. The highest BCUT2D eigenvalue weighted by Crippen LogP contribution is 2.38. The van der Waals surface area contributed by atoms with Gasteiger partial charge in [-0.05, 0) is 19.4 Å². The zero-order chi connectivity index (χ0) is 20.3. The van der Waals surface area contributed by atoms with E-state index in [0.717, 1.165) is 55.2 Å². The number of ether oxygens (including phenoxy) is 3. The second-order valence-electron chi connectivity index (χ2n) is 8.10. The molecule has 0 saturated carbocycles. The first-order chi connectivity index (χ1) is 14.1. The topological polar surface area (TPSA) is 67.6 Å². The van der Waals surface area contributed by atoms with Crippen LogP contribution >= 0.6 is 0 Å². The van der Waals surface area contributed by atoms with Gasteiger partial charge in [0.1, 0.15) is 18.2 Å². The Kier molecular flexibility index (Phi) is 5.81. The van der Waals surface area contributed by atoms with Crippen molar-refractivity contribution in [1.29, 1.82) is 5.26 Å². The van der Waals surface area contributed by atoms with Gasteiger partial charge in [-0.15, -0.1) is 0 Å². The van der Waals surface area contributed by atoms with Gasteiger partial charge < -0.3 is 14.2 Å². The van der Waals surface area contributed by atoms with Crippen molar-refractivity contribution in [2.24, 2.45) is 0 Å². The van der Waals surface area contributed by atoms with Crippen molar-refractivity contribution in [1.82, 2.24) is 9.88 Å². The van der Waals surface area contributed by atoms with E-state index in [2.05, 4.69) is 24.8 Å². The molecule has 0 bridgehead atoms. The Morgan fingerprint density at radius 2 is 1.93 bits per heavy atom. The van der Waals surface area contributed by atoms with Gasteiger partial charge in [-0.25, -0.2) is 4.98 Å². The minimum atomic E-state index is -0.320. The van der Waals surface area contributed by atoms with Crippen LogP contribution in [0.25, 0.3) is 11.3 Å². The van der Waals surface area contributed by atoms with Gasteiger partial charge in [-0.1, -0.05) is 30.3 Å². The Morgan fingerprint density at radius 3 is 2.66 bits per heavy atom. The number of nitriles is 1. The maximum absolute atomic E-state index is 9.92. The lowest BCUT2D eigenvalue weighted by Crippen LogP contribution is -2.38. The molecule has 1 fully saturated rings. The van der Waals surface area contributed by atoms with Crippen LogP contribution in [-0.4, -0.2) is 54.9 Å². The van der Waals surface area contributed by atoms with E-state index >= 15 is 0 Å². The summed E-state index contributed by atoms with van der Waals surface area (Å²) in [5.74, 6) is 0.427. The molecule has 0 unspecified atom stereocenters. The molecule has 2 aliphatic rings. The van der Waals surface area contributed by atoms with Gasteiger partial charge >= 0.3 is 0 Å². The first kappa shape index (κ1) is 19.8. The van der Waals surface area contributed by atoms with Crippen LogP contribution in [0.3, 0.4) is 0 Å². The molecule has 29 heavy (non-hydrogen) atoms. The fourth-order valence-electron chi connectivity index (χ4n) is 3.89. The number of hydrogen-bond donors (Lipinski definition) is 0. The van der Waals surface area contributed by atoms with Crippen LogP contribution in [0.15, 0.2) is 30.3 Å². The third kappa shape index (κ3) is 4.43. The van der Waals surface area contributed by atoms with Crippen molar-refractivity contribution >= 4 is 0 Å². The van der Waals surface area contributed by atoms with Crippen LogP contribution in [0.4, 0.5) is 0 Å². The largest absolute Gasteiger partial charge is 0.475 e. The standard InChI is InChI=1S/C23H27N3O3/c1-23(2)14-18-19(15-24)22(28-13-10-26-8-11-27-12-9-26)25-21(20(18)16-29-23)17-6-4-3-5-7-17/h3-7H,8-14,16H2,1-2H3. The smallest absolute Gasteiger partial charge is 0.232 e. The number of fused-ring (bicyclic) bond motifs is 1. The third-order valence-electron chi connectivity index (χ3n) is 5.50. The zero-order valence-electron chi connectivity index (χ0n) is 17.1. The van der Waals surface area contributed by atoms with Gasteiger partial charge in [0.2, 0.25) is 5.88 Å². The summed E-state index contributed by atoms with van der Waals surface area (Å²) in [6, 6.07) is 12.4. The van der Waals surface area contributed by atoms with E-state index < -0.39 is 0 Å². The van der Waals surface area contributed by atoms with Gasteiger partial charge in [0, 0.05) is 37.2 Å². The highest BCUT2D eigenvalue weighted by molar-refractivity contribution is 5.68. The summed E-state index contributed by atoms with van der Waals surface area (Å²) in [4.78, 5) is 7.10. The molecular weight excluding hydrogens is 366 g/mol. The normalized spacial score (nSPS) is 18.7. The summed E-state index contributed by atoms with van der Waals surface area (Å²) in [5.41, 5.74) is 4.06. The molecule has 1 aromatic heterocycles. The molecular formula is C23H27N3O3. The van der Waals surface area contributed by atoms with Gasteiger partial charge in [-0.2, -0.15) is 5.26 Å². The average Bonchev–Trinajstić information content (AvgIpc) is 2.74. The second-order valence-corrected chi connectivity index (χ2v) is 8.10. The maximum atomic E-state index is 9.92. The lowest BCUT2D eigenvalue weighted by atomic mass is 9.87. The number of benzene rings is 1. The summed E-state index contributed by atoms with van der Waals surface area (Å²) in [7, 11) is 0. The van der Waals surface area contributed by atoms with Crippen molar-refractivity contribution in [3.8, 4) is 23.2 Å². The molecule has 2 aromatic rings. The van der Waals surface area contributed by atoms with Crippen molar-refractivity contribution < 1.29 is 14.2 Å². The van der Waals surface area contributed by atoms with Crippen LogP contribution in [0, 0.1) is 11.3 Å². The number of aromatic nitrogens is 1. The highest BCUT2D eigenvalue weighted by atomic mass is 16.5. The molecule has 0 N–H and O–H groups in total. The summed E-state index contributed by atoms with van der Waals surface area (Å²) >= 11 is 0. The maximum Gasteiger partial charge on any atom is 0.232 e. The van der Waals surface area contributed by atoms with Crippen molar-refractivity contribution in [3.63, 3.8) is 0 Å². The molecule has 152 valence electrons. The molecule has 2 aliphatic heterocycles. The van der Waals surface area contributed by atoms with Gasteiger partial charge in [0.25, 0.3) is 0 Å². The summed E-state index contributed by atoms with van der Waals surface area (Å²) < 4.78 is 17.5. The Balaban J connectivity index is 1.67. The minimum absolute atomic E-state index is 0.320. The van der Waals surface area contributed by atoms with Crippen LogP contribution in [0.5, 0.6) is 5.88 Å². The van der Waals surface area contributed by atoms with Crippen LogP contribution in [-0.2, 0) is 22.5 Å². The van der Waals surface area contributed by atoms with E-state index in [1.54, 1.807) is 0 Å². The predicted molar refractivity (Wildman–Crippen MR) is 110 cm³/mol. The molecule has 4 rings (SSSR count). The highest BCUT2D eigenvalue weighted by Gasteiger charge is 2.32. The number of pyridine rings is 1. The zero-order valence-corrected chi connectivity index (χ0v) is 17.1. The fourth-order valence-corrected chi connectivity index (χ4v) is 3.89. The molecule has 0 radical (unpaired) electrons. The van der Waals surface area contributed by atoms with E-state index in [-0.39, 0.29) is 5.60 Å². The monoisotopic (exact) mass is 393 g/mol. The molecule has 1 saturated heterocycles. The minimum Gasteiger partial charge on any atom is -0.475 e. The Bertz CT molecular complexity index is 900. The Morgan fingerprint density at radius 1 is 1.17 bits per heavy atom. The quantitative estimate of drug-likeness (QED) is 0.777. The molecule has 1 aromatic carbocycles. The lowest BCUT2D eigenvalue weighted by Gasteiger charge is -2.33. The Hall–Kier alpha value is -2.46. The molecule has 3 heterocycles. The second kappa shape index (κ2) is 8.50.